The number of ether oxygens (including phenoxy) is 1. The maximum absolute atomic E-state index is 13.7. The van der Waals surface area contributed by atoms with Gasteiger partial charge in [0.1, 0.15) is 5.75 Å². The van der Waals surface area contributed by atoms with Crippen molar-refractivity contribution in [2.45, 2.75) is 19.6 Å². The normalized spacial score (nSPS) is 11.7. The van der Waals surface area contributed by atoms with E-state index in [0.29, 0.717) is 15.8 Å². The van der Waals surface area contributed by atoms with E-state index in [9.17, 15) is 18.0 Å². The second-order valence-corrected chi connectivity index (χ2v) is 7.14. The second-order valence-electron chi connectivity index (χ2n) is 7.14. The minimum Gasteiger partial charge on any atom is -0.497 e. The zero-order valence-electron chi connectivity index (χ0n) is 17.4. The smallest absolute Gasteiger partial charge is 0.433 e. The number of hydrogen-bond acceptors (Lipinski definition) is 5. The number of halogens is 3. The number of alkyl halides is 3. The predicted octanol–water partition coefficient (Wildman–Crippen LogP) is 3.40. The van der Waals surface area contributed by atoms with Gasteiger partial charge in [0.2, 0.25) is 0 Å². The second kappa shape index (κ2) is 7.98. The lowest BCUT2D eigenvalue weighted by molar-refractivity contribution is -0.142. The van der Waals surface area contributed by atoms with Crippen LogP contribution in [0.25, 0.3) is 16.9 Å². The number of fused-ring (bicyclic) bond motifs is 1. The summed E-state index contributed by atoms with van der Waals surface area (Å²) < 4.78 is 48.6. The number of carbonyl (C=O) groups is 1. The van der Waals surface area contributed by atoms with E-state index in [4.69, 9.17) is 4.74 Å². The largest absolute Gasteiger partial charge is 0.497 e. The first-order valence-corrected chi connectivity index (χ1v) is 9.56. The molecule has 0 bridgehead atoms. The summed E-state index contributed by atoms with van der Waals surface area (Å²) in [5.41, 5.74) is 0.808. The molecule has 0 radical (unpaired) electrons. The van der Waals surface area contributed by atoms with Crippen molar-refractivity contribution in [1.29, 1.82) is 0 Å². The number of aryl methyl sites for hydroxylation is 2. The predicted molar refractivity (Wildman–Crippen MR) is 109 cm³/mol. The molecule has 32 heavy (non-hydrogen) atoms. The molecule has 11 heteroatoms. The van der Waals surface area contributed by atoms with Gasteiger partial charge < -0.3 is 10.1 Å². The van der Waals surface area contributed by atoms with Gasteiger partial charge in [-0.25, -0.2) is 9.50 Å². The first kappa shape index (κ1) is 21.3. The van der Waals surface area contributed by atoms with Gasteiger partial charge in [-0.1, -0.05) is 0 Å². The van der Waals surface area contributed by atoms with E-state index in [1.807, 2.05) is 6.92 Å². The number of nitrogens with zero attached hydrogens (tertiary/aromatic N) is 5. The lowest BCUT2D eigenvalue weighted by Gasteiger charge is -2.11. The third-order valence-corrected chi connectivity index (χ3v) is 4.87. The average molecular weight is 444 g/mol. The molecular formula is C21H19F3N6O2. The highest BCUT2D eigenvalue weighted by Gasteiger charge is 2.35. The summed E-state index contributed by atoms with van der Waals surface area (Å²) in [5, 5.41) is 10.7. The number of benzene rings is 1. The molecule has 0 aliphatic carbocycles. The van der Waals surface area contributed by atoms with Crippen molar-refractivity contribution in [3.8, 4) is 17.0 Å². The average Bonchev–Trinajstić information content (AvgIpc) is 3.32. The molecule has 0 aliphatic rings. The summed E-state index contributed by atoms with van der Waals surface area (Å²) in [4.78, 5) is 16.8. The monoisotopic (exact) mass is 444 g/mol. The Labute approximate surface area is 180 Å². The third-order valence-electron chi connectivity index (χ3n) is 4.87. The first-order valence-electron chi connectivity index (χ1n) is 9.56. The van der Waals surface area contributed by atoms with E-state index in [1.54, 1.807) is 42.1 Å². The van der Waals surface area contributed by atoms with Crippen LogP contribution in [0.2, 0.25) is 0 Å². The highest BCUT2D eigenvalue weighted by atomic mass is 19.4. The molecule has 0 spiro atoms. The van der Waals surface area contributed by atoms with Crippen molar-refractivity contribution in [3.63, 3.8) is 0 Å². The lowest BCUT2D eigenvalue weighted by atomic mass is 10.1. The van der Waals surface area contributed by atoms with Crippen LogP contribution < -0.4 is 10.1 Å². The van der Waals surface area contributed by atoms with Crippen LogP contribution in [-0.2, 0) is 19.8 Å². The Morgan fingerprint density at radius 2 is 1.84 bits per heavy atom. The number of aromatic nitrogens is 5. The fourth-order valence-corrected chi connectivity index (χ4v) is 3.29. The van der Waals surface area contributed by atoms with Crippen LogP contribution in [0.1, 0.15) is 27.6 Å². The van der Waals surface area contributed by atoms with E-state index in [2.05, 4.69) is 20.5 Å². The van der Waals surface area contributed by atoms with Crippen LogP contribution in [0.4, 0.5) is 13.2 Å². The van der Waals surface area contributed by atoms with Gasteiger partial charge in [0.25, 0.3) is 5.91 Å². The number of amides is 1. The molecular weight excluding hydrogens is 425 g/mol. The van der Waals surface area contributed by atoms with Crippen LogP contribution >= 0.6 is 0 Å². The molecule has 1 aromatic carbocycles. The molecule has 3 aromatic heterocycles. The van der Waals surface area contributed by atoms with Gasteiger partial charge in [-0.15, -0.1) is 0 Å². The molecule has 4 aromatic rings. The van der Waals surface area contributed by atoms with Crippen molar-refractivity contribution in [1.82, 2.24) is 29.7 Å². The SMILES string of the molecule is COc1ccc(-c2cc(C(F)(F)F)n3nc(C(=O)NCc4cc(C)nn4C)cc3n2)cc1. The Morgan fingerprint density at radius 3 is 2.44 bits per heavy atom. The zero-order chi connectivity index (χ0) is 23.0. The van der Waals surface area contributed by atoms with Gasteiger partial charge in [-0.2, -0.15) is 23.4 Å². The molecule has 3 heterocycles. The summed E-state index contributed by atoms with van der Waals surface area (Å²) in [5.74, 6) is -0.0497. The standard InChI is InChI=1S/C21H19F3N6O2/c1-12-8-14(29(2)27-12)11-25-20(31)17-10-19-26-16(13-4-6-15(32-3)7-5-13)9-18(21(22,23)24)30(19)28-17/h4-10H,11H2,1-3H3,(H,25,31). The highest BCUT2D eigenvalue weighted by molar-refractivity contribution is 5.93. The fraction of sp³-hybridized carbons (Fsp3) is 0.238. The third kappa shape index (κ3) is 4.13. The molecule has 1 amide bonds. The Hall–Kier alpha value is -3.89. The lowest BCUT2D eigenvalue weighted by Crippen LogP contribution is -2.24. The van der Waals surface area contributed by atoms with E-state index < -0.39 is 17.8 Å². The van der Waals surface area contributed by atoms with E-state index in [1.165, 1.54) is 13.2 Å². The molecule has 0 saturated heterocycles. The number of hydrogen-bond donors (Lipinski definition) is 1. The summed E-state index contributed by atoms with van der Waals surface area (Å²) in [6.07, 6.45) is -4.70. The molecule has 1 N–H and O–H groups in total. The van der Waals surface area contributed by atoms with Crippen LogP contribution in [-0.4, -0.2) is 37.4 Å². The minimum atomic E-state index is -4.70. The maximum Gasteiger partial charge on any atom is 0.433 e. The van der Waals surface area contributed by atoms with Crippen LogP contribution in [0.5, 0.6) is 5.75 Å². The molecule has 4 rings (SSSR count). The highest BCUT2D eigenvalue weighted by Crippen LogP contribution is 2.32. The molecule has 0 fully saturated rings. The topological polar surface area (TPSA) is 86.3 Å². The van der Waals surface area contributed by atoms with E-state index in [0.717, 1.165) is 17.5 Å². The van der Waals surface area contributed by atoms with Gasteiger partial charge in [-0.05, 0) is 43.3 Å². The molecule has 0 unspecified atom stereocenters. The molecule has 166 valence electrons. The van der Waals surface area contributed by atoms with Crippen molar-refractivity contribution in [3.05, 3.63) is 65.2 Å². The number of carbonyl (C=O) groups excluding carboxylic acids is 1. The van der Waals surface area contributed by atoms with Crippen LogP contribution in [0.15, 0.2) is 42.5 Å². The summed E-state index contributed by atoms with van der Waals surface area (Å²) in [6.45, 7) is 1.97. The Bertz CT molecular complexity index is 1290. The quantitative estimate of drug-likeness (QED) is 0.510. The fourth-order valence-electron chi connectivity index (χ4n) is 3.29. The van der Waals surface area contributed by atoms with Crippen LogP contribution in [0.3, 0.4) is 0 Å². The van der Waals surface area contributed by atoms with Crippen LogP contribution in [0, 0.1) is 6.92 Å². The maximum atomic E-state index is 13.7. The minimum absolute atomic E-state index is 0.0906. The number of methoxy groups -OCH3 is 1. The van der Waals surface area contributed by atoms with Gasteiger partial charge in [0.15, 0.2) is 17.0 Å². The van der Waals surface area contributed by atoms with Crippen molar-refractivity contribution in [2.24, 2.45) is 7.05 Å². The molecule has 8 nitrogen and oxygen atoms in total. The molecule has 0 aliphatic heterocycles. The first-order chi connectivity index (χ1) is 15.2. The van der Waals surface area contributed by atoms with E-state index in [-0.39, 0.29) is 23.6 Å². The summed E-state index contributed by atoms with van der Waals surface area (Å²) >= 11 is 0. The van der Waals surface area contributed by atoms with Gasteiger partial charge in [0.05, 0.1) is 30.7 Å². The van der Waals surface area contributed by atoms with Gasteiger partial charge in [-0.3, -0.25) is 9.48 Å². The van der Waals surface area contributed by atoms with Crippen molar-refractivity contribution >= 4 is 11.6 Å². The summed E-state index contributed by atoms with van der Waals surface area (Å²) in [7, 11) is 3.23. The Kier molecular flexibility index (Phi) is 5.33. The molecule has 0 saturated carbocycles. The Morgan fingerprint density at radius 1 is 1.12 bits per heavy atom. The Balaban J connectivity index is 1.69. The van der Waals surface area contributed by atoms with Crippen molar-refractivity contribution < 1.29 is 22.7 Å². The summed E-state index contributed by atoms with van der Waals surface area (Å²) in [6, 6.07) is 10.4. The molecule has 0 atom stereocenters. The van der Waals surface area contributed by atoms with E-state index >= 15 is 0 Å². The van der Waals surface area contributed by atoms with Crippen molar-refractivity contribution in [2.75, 3.05) is 7.11 Å². The van der Waals surface area contributed by atoms with Gasteiger partial charge >= 0.3 is 6.18 Å². The number of rotatable bonds is 5. The van der Waals surface area contributed by atoms with Gasteiger partial charge in [0, 0.05) is 18.7 Å². The zero-order valence-corrected chi connectivity index (χ0v) is 17.4. The number of nitrogens with one attached hydrogen (secondary N) is 1.